The van der Waals surface area contributed by atoms with Crippen LogP contribution in [0.15, 0.2) is 24.3 Å². The number of quaternary nitrogens is 1. The van der Waals surface area contributed by atoms with Gasteiger partial charge in [0.25, 0.3) is 0 Å². The average molecular weight is 709 g/mol. The highest BCUT2D eigenvalue weighted by Gasteiger charge is 2.53. The molecule has 4 heteroatoms. The largest absolute Gasteiger partial charge is 1.00 e. The van der Waals surface area contributed by atoms with Crippen LogP contribution in [0, 0.1) is 0 Å². The van der Waals surface area contributed by atoms with Crippen LogP contribution in [0.5, 0.6) is 0 Å². The third-order valence-electron chi connectivity index (χ3n) is 11.4. The van der Waals surface area contributed by atoms with E-state index in [9.17, 15) is 0 Å². The Labute approximate surface area is 314 Å². The first-order valence-corrected chi connectivity index (χ1v) is 21.9. The van der Waals surface area contributed by atoms with Crippen LogP contribution in [-0.2, 0) is 9.47 Å². The Morgan fingerprint density at radius 1 is 0.469 bits per heavy atom. The second kappa shape index (κ2) is 30.1. The first kappa shape index (κ1) is 46.7. The minimum Gasteiger partial charge on any atom is -1.00 e. The molecule has 1 saturated heterocycles. The molecule has 1 unspecified atom stereocenters. The number of hydrogen-bond donors (Lipinski definition) is 0. The number of hydrogen-bond acceptors (Lipinski definition) is 2. The summed E-state index contributed by atoms with van der Waals surface area (Å²) in [7, 11) is 7.00. The van der Waals surface area contributed by atoms with Gasteiger partial charge in [0, 0.05) is 25.7 Å². The number of unbranched alkanes of at least 4 members (excludes halogenated alkanes) is 24. The van der Waals surface area contributed by atoms with E-state index < -0.39 is 0 Å². The van der Waals surface area contributed by atoms with E-state index in [-0.39, 0.29) is 18.2 Å². The number of ether oxygens (including phenoxy) is 2. The summed E-state index contributed by atoms with van der Waals surface area (Å²) >= 11 is 0. The van der Waals surface area contributed by atoms with Crippen LogP contribution < -0.4 is 12.4 Å². The lowest BCUT2D eigenvalue weighted by Gasteiger charge is -2.34. The Morgan fingerprint density at radius 2 is 0.796 bits per heavy atom. The zero-order chi connectivity index (χ0) is 34.6. The fourth-order valence-corrected chi connectivity index (χ4v) is 8.08. The second-order valence-electron chi connectivity index (χ2n) is 16.9. The van der Waals surface area contributed by atoms with E-state index in [1.165, 1.54) is 186 Å². The van der Waals surface area contributed by atoms with E-state index in [1.54, 1.807) is 0 Å². The highest BCUT2D eigenvalue weighted by Crippen LogP contribution is 2.45. The molecule has 0 spiro atoms. The standard InChI is InChI=1S/C45H86NO2.ClH/c1-6-8-10-12-14-16-18-20-22-24-26-28-30-32-34-36-38-45(47-43-40-42(46(3,4)5)41-44(43)48-45)39-37-35-33-31-29-27-25-23-21-19-17-15-13-11-9-7-2;/h14,16,20,22,42-44H,6-13,15,17-19,21,23-41H2,1-5H3;1H/q+1;/p-1/b16-14-,22-20-;/t42-,43-,44+,45?;. The van der Waals surface area contributed by atoms with Gasteiger partial charge in [-0.25, -0.2) is 0 Å². The molecule has 0 bridgehead atoms. The summed E-state index contributed by atoms with van der Waals surface area (Å²) in [6, 6.07) is 0.662. The zero-order valence-electron chi connectivity index (χ0n) is 33.8. The number of nitrogens with zero attached hydrogens (tertiary/aromatic N) is 1. The van der Waals surface area contributed by atoms with Gasteiger partial charge in [0.1, 0.15) is 0 Å². The Balaban J connectivity index is 0.0000120. The van der Waals surface area contributed by atoms with E-state index in [1.807, 2.05) is 0 Å². The van der Waals surface area contributed by atoms with Crippen LogP contribution >= 0.6 is 0 Å². The second-order valence-corrected chi connectivity index (χ2v) is 16.9. The molecular formula is C45H86ClNO2. The van der Waals surface area contributed by atoms with Gasteiger partial charge in [0.05, 0.1) is 39.4 Å². The molecular weight excluding hydrogens is 622 g/mol. The predicted molar refractivity (Wildman–Crippen MR) is 212 cm³/mol. The van der Waals surface area contributed by atoms with Crippen molar-refractivity contribution < 1.29 is 26.4 Å². The molecule has 1 aliphatic heterocycles. The van der Waals surface area contributed by atoms with Crippen molar-refractivity contribution in [3.63, 3.8) is 0 Å². The molecule has 290 valence electrons. The summed E-state index contributed by atoms with van der Waals surface area (Å²) in [6.45, 7) is 4.58. The van der Waals surface area contributed by atoms with E-state index in [2.05, 4.69) is 59.3 Å². The molecule has 1 aliphatic carbocycles. The molecule has 4 atom stereocenters. The summed E-state index contributed by atoms with van der Waals surface area (Å²) < 4.78 is 14.8. The smallest absolute Gasteiger partial charge is 0.169 e. The zero-order valence-corrected chi connectivity index (χ0v) is 34.6. The van der Waals surface area contributed by atoms with E-state index in [4.69, 9.17) is 9.47 Å². The lowest BCUT2D eigenvalue weighted by molar-refractivity contribution is -0.895. The van der Waals surface area contributed by atoms with Gasteiger partial charge in [-0.3, -0.25) is 0 Å². The van der Waals surface area contributed by atoms with Gasteiger partial charge in [-0.15, -0.1) is 0 Å². The Bertz CT molecular complexity index is 775. The predicted octanol–water partition coefficient (Wildman–Crippen LogP) is 11.2. The molecule has 1 saturated carbocycles. The van der Waals surface area contributed by atoms with Crippen molar-refractivity contribution in [3.8, 4) is 0 Å². The normalized spacial score (nSPS) is 22.4. The van der Waals surface area contributed by atoms with Crippen molar-refractivity contribution in [1.82, 2.24) is 0 Å². The van der Waals surface area contributed by atoms with Gasteiger partial charge >= 0.3 is 0 Å². The van der Waals surface area contributed by atoms with Gasteiger partial charge < -0.3 is 26.4 Å². The van der Waals surface area contributed by atoms with Crippen molar-refractivity contribution in [2.24, 2.45) is 0 Å². The maximum atomic E-state index is 6.90. The number of halogens is 1. The van der Waals surface area contributed by atoms with E-state index in [0.717, 1.165) is 23.7 Å². The molecule has 2 aliphatic rings. The van der Waals surface area contributed by atoms with Crippen molar-refractivity contribution >= 4 is 0 Å². The Hall–Kier alpha value is -0.350. The monoisotopic (exact) mass is 708 g/mol. The third kappa shape index (κ3) is 23.0. The van der Waals surface area contributed by atoms with Gasteiger partial charge in [-0.05, 0) is 44.9 Å². The number of allylic oxidation sites excluding steroid dienone is 4. The molecule has 0 radical (unpaired) electrons. The fraction of sp³-hybridized carbons (Fsp3) is 0.911. The lowest BCUT2D eigenvalue weighted by Crippen LogP contribution is -3.00. The molecule has 0 N–H and O–H groups in total. The topological polar surface area (TPSA) is 18.5 Å². The highest BCUT2D eigenvalue weighted by molar-refractivity contribution is 4.95. The van der Waals surface area contributed by atoms with Crippen molar-refractivity contribution in [3.05, 3.63) is 24.3 Å². The molecule has 1 heterocycles. The van der Waals surface area contributed by atoms with Crippen LogP contribution in [-0.4, -0.2) is 49.7 Å². The van der Waals surface area contributed by atoms with Gasteiger partial charge in [0.2, 0.25) is 0 Å². The number of fused-ring (bicyclic) bond motifs is 1. The number of rotatable bonds is 33. The Morgan fingerprint density at radius 3 is 1.18 bits per heavy atom. The first-order valence-electron chi connectivity index (χ1n) is 21.9. The van der Waals surface area contributed by atoms with Crippen LogP contribution in [0.3, 0.4) is 0 Å². The molecule has 49 heavy (non-hydrogen) atoms. The van der Waals surface area contributed by atoms with Gasteiger partial charge in [0.15, 0.2) is 5.79 Å². The van der Waals surface area contributed by atoms with Crippen molar-refractivity contribution in [2.45, 2.75) is 243 Å². The van der Waals surface area contributed by atoms with Gasteiger partial charge in [-0.1, -0.05) is 173 Å². The van der Waals surface area contributed by atoms with Crippen LogP contribution in [0.2, 0.25) is 0 Å². The van der Waals surface area contributed by atoms with Crippen LogP contribution in [0.1, 0.15) is 219 Å². The summed E-state index contributed by atoms with van der Waals surface area (Å²) in [5, 5.41) is 0. The first-order chi connectivity index (χ1) is 23.4. The quantitative estimate of drug-likeness (QED) is 0.0384. The molecule has 0 aromatic heterocycles. The summed E-state index contributed by atoms with van der Waals surface area (Å²) in [5.74, 6) is -0.295. The fourth-order valence-electron chi connectivity index (χ4n) is 8.08. The summed E-state index contributed by atoms with van der Waals surface area (Å²) in [6.07, 6.45) is 53.0. The molecule has 0 aromatic carbocycles. The minimum absolute atomic E-state index is 0. The minimum atomic E-state index is -0.295. The molecule has 0 aromatic rings. The molecule has 2 fully saturated rings. The van der Waals surface area contributed by atoms with Crippen molar-refractivity contribution in [1.29, 1.82) is 0 Å². The third-order valence-corrected chi connectivity index (χ3v) is 11.4. The maximum absolute atomic E-state index is 6.90. The maximum Gasteiger partial charge on any atom is 0.169 e. The van der Waals surface area contributed by atoms with Gasteiger partial charge in [-0.2, -0.15) is 0 Å². The van der Waals surface area contributed by atoms with Crippen molar-refractivity contribution in [2.75, 3.05) is 21.1 Å². The lowest BCUT2D eigenvalue weighted by atomic mass is 9.98. The van der Waals surface area contributed by atoms with E-state index >= 15 is 0 Å². The molecule has 2 rings (SSSR count). The van der Waals surface area contributed by atoms with Crippen LogP contribution in [0.25, 0.3) is 0 Å². The summed E-state index contributed by atoms with van der Waals surface area (Å²) in [4.78, 5) is 0. The average Bonchev–Trinajstić information content (AvgIpc) is 3.61. The summed E-state index contributed by atoms with van der Waals surface area (Å²) in [5.41, 5.74) is 0. The molecule has 0 amide bonds. The van der Waals surface area contributed by atoms with E-state index in [0.29, 0.717) is 18.2 Å². The SMILES string of the molecule is CCCCC/C=C\C/C=C\CCCCCCCCC1(CCCCCCCCCCCCCCCCCC)O[C@H]2C[C@H]([N+](C)(C)C)C[C@H]2O1.[Cl-]. The molecule has 3 nitrogen and oxygen atoms in total. The highest BCUT2D eigenvalue weighted by atomic mass is 35.5. The Kier molecular flexibility index (Phi) is 28.7. The van der Waals surface area contributed by atoms with Crippen LogP contribution in [0.4, 0.5) is 0 Å².